The van der Waals surface area contributed by atoms with Crippen LogP contribution in [0.2, 0.25) is 0 Å². The van der Waals surface area contributed by atoms with Gasteiger partial charge < -0.3 is 10.1 Å². The van der Waals surface area contributed by atoms with Crippen molar-refractivity contribution in [1.82, 2.24) is 10.2 Å². The monoisotopic (exact) mass is 438 g/mol. The summed E-state index contributed by atoms with van der Waals surface area (Å²) in [5.41, 5.74) is 5.13. The van der Waals surface area contributed by atoms with Crippen molar-refractivity contribution >= 4 is 6.08 Å². The molecule has 3 aliphatic rings. The highest BCUT2D eigenvalue weighted by molar-refractivity contribution is 5.51. The van der Waals surface area contributed by atoms with Crippen LogP contribution in [0.5, 0.6) is 5.75 Å². The smallest absolute Gasteiger partial charge is 0.123 e. The molecule has 0 aliphatic carbocycles. The molecule has 0 amide bonds. The fraction of sp³-hybridized carbons (Fsp3) is 0.333. The van der Waals surface area contributed by atoms with E-state index in [9.17, 15) is 0 Å². The van der Waals surface area contributed by atoms with E-state index in [-0.39, 0.29) is 0 Å². The van der Waals surface area contributed by atoms with Crippen LogP contribution in [0.15, 0.2) is 85.4 Å². The van der Waals surface area contributed by atoms with Crippen molar-refractivity contribution < 1.29 is 4.74 Å². The predicted octanol–water partition coefficient (Wildman–Crippen LogP) is 5.72. The van der Waals surface area contributed by atoms with Gasteiger partial charge in [0.2, 0.25) is 0 Å². The second kappa shape index (κ2) is 9.94. The second-order valence-corrected chi connectivity index (χ2v) is 9.35. The van der Waals surface area contributed by atoms with E-state index < -0.39 is 0 Å². The van der Waals surface area contributed by atoms with E-state index in [1.165, 1.54) is 42.6 Å². The maximum Gasteiger partial charge on any atom is 0.123 e. The summed E-state index contributed by atoms with van der Waals surface area (Å²) in [6.07, 6.45) is 4.45. The van der Waals surface area contributed by atoms with Crippen LogP contribution in [0.3, 0.4) is 0 Å². The van der Waals surface area contributed by atoms with Crippen molar-refractivity contribution in [3.05, 3.63) is 108 Å². The number of hydrogen-bond donors (Lipinski definition) is 1. The molecule has 0 unspecified atom stereocenters. The standard InChI is InChI=1S/C30H34N2O/c1-3-22-14-15-27(33-2)26(20-22)21-31-29-25-16-18-32(19-17-25)30(29)28(23-10-6-4-7-11-23)24-12-8-5-9-13-24/h3-15,20,25,28-31H,1,16-19,21H2,2H3/t29-,30-/m0/s1. The highest BCUT2D eigenvalue weighted by Gasteiger charge is 2.46. The number of nitrogens with zero attached hydrogens (tertiary/aromatic N) is 1. The second-order valence-electron chi connectivity index (χ2n) is 9.35. The van der Waals surface area contributed by atoms with Gasteiger partial charge in [0, 0.05) is 30.1 Å². The third-order valence-corrected chi connectivity index (χ3v) is 7.60. The Morgan fingerprint density at radius 2 is 1.61 bits per heavy atom. The van der Waals surface area contributed by atoms with Crippen LogP contribution in [0.25, 0.3) is 6.08 Å². The maximum atomic E-state index is 5.67. The lowest BCUT2D eigenvalue weighted by Crippen LogP contribution is -2.64. The van der Waals surface area contributed by atoms with Crippen molar-refractivity contribution in [2.24, 2.45) is 5.92 Å². The van der Waals surface area contributed by atoms with Crippen LogP contribution in [-0.4, -0.2) is 37.2 Å². The minimum atomic E-state index is 0.342. The van der Waals surface area contributed by atoms with E-state index in [4.69, 9.17) is 4.74 Å². The van der Waals surface area contributed by atoms with Gasteiger partial charge in [-0.25, -0.2) is 0 Å². The van der Waals surface area contributed by atoms with E-state index in [1.54, 1.807) is 7.11 Å². The molecular formula is C30H34N2O. The molecule has 0 radical (unpaired) electrons. The molecule has 6 rings (SSSR count). The lowest BCUT2D eigenvalue weighted by atomic mass is 9.70. The van der Waals surface area contributed by atoms with Gasteiger partial charge in [-0.15, -0.1) is 0 Å². The minimum Gasteiger partial charge on any atom is -0.496 e. The topological polar surface area (TPSA) is 24.5 Å². The molecule has 3 aromatic rings. The Morgan fingerprint density at radius 3 is 2.18 bits per heavy atom. The molecule has 33 heavy (non-hydrogen) atoms. The van der Waals surface area contributed by atoms with Gasteiger partial charge in [0.1, 0.15) is 5.75 Å². The first-order chi connectivity index (χ1) is 16.3. The van der Waals surface area contributed by atoms with Crippen LogP contribution in [0.1, 0.15) is 41.0 Å². The Kier molecular flexibility index (Phi) is 6.61. The summed E-state index contributed by atoms with van der Waals surface area (Å²) in [4.78, 5) is 2.74. The van der Waals surface area contributed by atoms with Gasteiger partial charge in [0.25, 0.3) is 0 Å². The number of fused-ring (bicyclic) bond motifs is 3. The molecule has 3 heterocycles. The quantitative estimate of drug-likeness (QED) is 0.487. The summed E-state index contributed by atoms with van der Waals surface area (Å²) < 4.78 is 5.67. The number of methoxy groups -OCH3 is 1. The van der Waals surface area contributed by atoms with Gasteiger partial charge in [-0.2, -0.15) is 0 Å². The first kappa shape index (κ1) is 21.9. The zero-order valence-corrected chi connectivity index (χ0v) is 19.5. The third kappa shape index (κ3) is 4.48. The molecule has 3 saturated heterocycles. The normalized spacial score (nSPS) is 24.1. The molecule has 1 N–H and O–H groups in total. The van der Waals surface area contributed by atoms with E-state index in [0.29, 0.717) is 23.9 Å². The van der Waals surface area contributed by atoms with E-state index >= 15 is 0 Å². The SMILES string of the molecule is C=Cc1ccc(OC)c(CN[C@H]2C3CCN(CC3)[C@H]2C(c2ccccc2)c2ccccc2)c1. The van der Waals surface area contributed by atoms with Crippen molar-refractivity contribution in [3.63, 3.8) is 0 Å². The molecule has 3 nitrogen and oxygen atoms in total. The molecule has 0 spiro atoms. The molecule has 2 atom stereocenters. The van der Waals surface area contributed by atoms with Gasteiger partial charge in [-0.05, 0) is 60.7 Å². The summed E-state index contributed by atoms with van der Waals surface area (Å²) in [5, 5.41) is 4.01. The summed E-state index contributed by atoms with van der Waals surface area (Å²) in [7, 11) is 1.75. The van der Waals surface area contributed by atoms with Crippen molar-refractivity contribution in [1.29, 1.82) is 0 Å². The minimum absolute atomic E-state index is 0.342. The molecular weight excluding hydrogens is 404 g/mol. The molecule has 0 saturated carbocycles. The maximum absolute atomic E-state index is 5.67. The highest BCUT2D eigenvalue weighted by Crippen LogP contribution is 2.42. The average molecular weight is 439 g/mol. The zero-order valence-electron chi connectivity index (χ0n) is 19.5. The van der Waals surface area contributed by atoms with Crippen molar-refractivity contribution in [3.8, 4) is 5.75 Å². The summed E-state index contributed by atoms with van der Waals surface area (Å²) >= 11 is 0. The van der Waals surface area contributed by atoms with E-state index in [1.807, 2.05) is 6.08 Å². The Bertz CT molecular complexity index is 1020. The average Bonchev–Trinajstić information content (AvgIpc) is 2.90. The number of hydrogen-bond acceptors (Lipinski definition) is 3. The van der Waals surface area contributed by atoms with Gasteiger partial charge in [-0.3, -0.25) is 4.90 Å². The molecule has 3 aliphatic heterocycles. The largest absolute Gasteiger partial charge is 0.496 e. The number of piperidine rings is 3. The first-order valence-corrected chi connectivity index (χ1v) is 12.1. The van der Waals surface area contributed by atoms with Crippen LogP contribution in [-0.2, 0) is 6.54 Å². The van der Waals surface area contributed by atoms with Gasteiger partial charge >= 0.3 is 0 Å². The summed E-state index contributed by atoms with van der Waals surface area (Å²) in [6.45, 7) is 7.13. The molecule has 3 fully saturated rings. The van der Waals surface area contributed by atoms with E-state index in [2.05, 4.69) is 95.7 Å². The van der Waals surface area contributed by atoms with Crippen LogP contribution < -0.4 is 10.1 Å². The highest BCUT2D eigenvalue weighted by atomic mass is 16.5. The van der Waals surface area contributed by atoms with Gasteiger partial charge in [-0.1, -0.05) is 79.4 Å². The fourth-order valence-corrected chi connectivity index (χ4v) is 5.99. The first-order valence-electron chi connectivity index (χ1n) is 12.1. The molecule has 3 heteroatoms. The molecule has 170 valence electrons. The van der Waals surface area contributed by atoms with Crippen LogP contribution in [0, 0.1) is 5.92 Å². The van der Waals surface area contributed by atoms with Crippen LogP contribution >= 0.6 is 0 Å². The molecule has 3 aromatic carbocycles. The van der Waals surface area contributed by atoms with Gasteiger partial charge in [0.05, 0.1) is 7.11 Å². The number of benzene rings is 3. The lowest BCUT2D eigenvalue weighted by Gasteiger charge is -2.54. The molecule has 2 bridgehead atoms. The number of rotatable bonds is 8. The lowest BCUT2D eigenvalue weighted by molar-refractivity contribution is 0.00462. The summed E-state index contributed by atoms with van der Waals surface area (Å²) in [5.74, 6) is 1.98. The Hall–Kier alpha value is -2.88. The van der Waals surface area contributed by atoms with Gasteiger partial charge in [0.15, 0.2) is 0 Å². The van der Waals surface area contributed by atoms with Crippen LogP contribution in [0.4, 0.5) is 0 Å². The predicted molar refractivity (Wildman–Crippen MR) is 137 cm³/mol. The Balaban J connectivity index is 1.49. The number of ether oxygens (including phenoxy) is 1. The third-order valence-electron chi connectivity index (χ3n) is 7.60. The fourth-order valence-electron chi connectivity index (χ4n) is 5.99. The molecule has 0 aromatic heterocycles. The number of nitrogens with one attached hydrogen (secondary N) is 1. The van der Waals surface area contributed by atoms with Crippen molar-refractivity contribution in [2.45, 2.75) is 37.4 Å². The Morgan fingerprint density at radius 1 is 0.970 bits per heavy atom. The summed E-state index contributed by atoms with van der Waals surface area (Å²) in [6, 6.07) is 29.3. The zero-order chi connectivity index (χ0) is 22.6. The van der Waals surface area contributed by atoms with E-state index in [0.717, 1.165) is 17.9 Å². The van der Waals surface area contributed by atoms with Crippen molar-refractivity contribution in [2.75, 3.05) is 20.2 Å². The Labute approximate surface area is 198 Å².